The molecule has 8 heteroatoms. The molecule has 0 saturated carbocycles. The van der Waals surface area contributed by atoms with Crippen molar-refractivity contribution < 1.29 is 18.6 Å². The summed E-state index contributed by atoms with van der Waals surface area (Å²) in [4.78, 5) is 4.89. The van der Waals surface area contributed by atoms with Crippen molar-refractivity contribution in [3.63, 3.8) is 0 Å². The van der Waals surface area contributed by atoms with E-state index in [-0.39, 0.29) is 0 Å². The van der Waals surface area contributed by atoms with Gasteiger partial charge in [-0.15, -0.1) is 0 Å². The summed E-state index contributed by atoms with van der Waals surface area (Å²) in [5, 5.41) is 0. The van der Waals surface area contributed by atoms with Gasteiger partial charge in [0.15, 0.2) is 0 Å². The van der Waals surface area contributed by atoms with Crippen LogP contribution >= 0.6 is 30.9 Å². The fraction of sp³-hybridized carbons (Fsp3) is 0.632. The largest absolute Gasteiger partial charge is 0.342 e. The zero-order valence-corrected chi connectivity index (χ0v) is 19.1. The first-order chi connectivity index (χ1) is 13.0. The molecule has 27 heavy (non-hydrogen) atoms. The summed E-state index contributed by atoms with van der Waals surface area (Å²) in [6.45, 7) is 8.38. The molecule has 0 bridgehead atoms. The van der Waals surface area contributed by atoms with Crippen molar-refractivity contribution in [1.82, 2.24) is 0 Å². The Bertz CT molecular complexity index is 642. The summed E-state index contributed by atoms with van der Waals surface area (Å²) < 4.78 is 33.0. The van der Waals surface area contributed by atoms with Crippen molar-refractivity contribution in [2.24, 2.45) is 4.99 Å². The Labute approximate surface area is 171 Å². The fourth-order valence-corrected chi connectivity index (χ4v) is 8.06. The van der Waals surface area contributed by atoms with E-state index >= 15 is 0 Å². The Kier molecular flexibility index (Phi) is 9.39. The second kappa shape index (κ2) is 11.0. The van der Waals surface area contributed by atoms with Crippen molar-refractivity contribution in [1.29, 1.82) is 0 Å². The van der Waals surface area contributed by atoms with Crippen LogP contribution in [-0.4, -0.2) is 47.0 Å². The van der Waals surface area contributed by atoms with E-state index in [4.69, 9.17) is 19.0 Å². The van der Waals surface area contributed by atoms with E-state index in [1.54, 1.807) is 30.4 Å². The standard InChI is InChI=1S/C19H30NO4PS2/c1-5-22-19(4,23-6-2)25(21,24-7-3)17(20-18-26-13-14-27-18)15-16-11-9-8-10-12-16/h8-12,17H,5-7,13-15H2,1-4H3/t17-,25?/m1/s1. The van der Waals surface area contributed by atoms with Crippen LogP contribution in [0.1, 0.15) is 33.3 Å². The normalized spacial score (nSPS) is 18.3. The molecule has 1 fully saturated rings. The van der Waals surface area contributed by atoms with Crippen LogP contribution in [0.15, 0.2) is 35.3 Å². The first kappa shape index (κ1) is 23.0. The number of aliphatic imine (C=N–C) groups is 1. The van der Waals surface area contributed by atoms with Gasteiger partial charge in [0.25, 0.3) is 7.37 Å². The summed E-state index contributed by atoms with van der Waals surface area (Å²) in [5.41, 5.74) is -0.264. The minimum atomic E-state index is -3.46. The first-order valence-electron chi connectivity index (χ1n) is 9.38. The van der Waals surface area contributed by atoms with Crippen molar-refractivity contribution in [3.8, 4) is 0 Å². The third-order valence-corrected chi connectivity index (χ3v) is 9.76. The molecule has 1 aliphatic heterocycles. The van der Waals surface area contributed by atoms with Crippen LogP contribution in [0.3, 0.4) is 0 Å². The molecule has 1 heterocycles. The maximum atomic E-state index is 14.3. The van der Waals surface area contributed by atoms with Gasteiger partial charge in [0.05, 0.1) is 6.61 Å². The predicted molar refractivity (Wildman–Crippen MR) is 117 cm³/mol. The van der Waals surface area contributed by atoms with Gasteiger partial charge in [0.2, 0.25) is 5.53 Å². The Balaban J connectivity index is 2.48. The van der Waals surface area contributed by atoms with E-state index in [9.17, 15) is 4.57 Å². The summed E-state index contributed by atoms with van der Waals surface area (Å²) in [6, 6.07) is 9.98. The minimum absolute atomic E-state index is 0.309. The highest BCUT2D eigenvalue weighted by molar-refractivity contribution is 8.41. The molecule has 0 N–H and O–H groups in total. The van der Waals surface area contributed by atoms with Gasteiger partial charge in [-0.1, -0.05) is 53.9 Å². The zero-order chi connectivity index (χ0) is 19.8. The van der Waals surface area contributed by atoms with Gasteiger partial charge in [-0.05, 0) is 33.3 Å². The molecule has 1 saturated heterocycles. The summed E-state index contributed by atoms with van der Waals surface area (Å²) >= 11 is 3.41. The van der Waals surface area contributed by atoms with E-state index in [2.05, 4.69) is 0 Å². The molecule has 0 radical (unpaired) electrons. The van der Waals surface area contributed by atoms with Crippen LogP contribution in [0.5, 0.6) is 0 Å². The lowest BCUT2D eigenvalue weighted by Gasteiger charge is -2.39. The van der Waals surface area contributed by atoms with Gasteiger partial charge >= 0.3 is 0 Å². The molecule has 0 aromatic heterocycles. The average Bonchev–Trinajstić information content (AvgIpc) is 3.16. The molecule has 0 aliphatic carbocycles. The first-order valence-corrected chi connectivity index (χ1v) is 13.0. The summed E-state index contributed by atoms with van der Waals surface area (Å²) in [7, 11) is -3.46. The van der Waals surface area contributed by atoms with Gasteiger partial charge in [-0.3, -0.25) is 9.56 Å². The number of benzene rings is 1. The van der Waals surface area contributed by atoms with Crippen LogP contribution in [0, 0.1) is 0 Å². The lowest BCUT2D eigenvalue weighted by atomic mass is 10.1. The smallest absolute Gasteiger partial charge is 0.284 e. The molecular weight excluding hydrogens is 401 g/mol. The molecule has 1 aromatic rings. The zero-order valence-electron chi connectivity index (χ0n) is 16.6. The van der Waals surface area contributed by atoms with Crippen LogP contribution < -0.4 is 0 Å². The Morgan fingerprint density at radius 2 is 1.67 bits per heavy atom. The van der Waals surface area contributed by atoms with Gasteiger partial charge in [-0.2, -0.15) is 0 Å². The highest BCUT2D eigenvalue weighted by atomic mass is 32.2. The number of thioether (sulfide) groups is 2. The van der Waals surface area contributed by atoms with Crippen LogP contribution in [0.2, 0.25) is 0 Å². The SMILES string of the molecule is CCOC(C)(OCC)P(=O)(OCC)[C@H](Cc1ccccc1)N=C1SCCS1. The van der Waals surface area contributed by atoms with Crippen LogP contribution in [-0.2, 0) is 25.0 Å². The molecule has 1 unspecified atom stereocenters. The third-order valence-electron chi connectivity index (χ3n) is 4.15. The summed E-state index contributed by atoms with van der Waals surface area (Å²) in [5.74, 6) is 1.49. The third kappa shape index (κ3) is 5.84. The highest BCUT2D eigenvalue weighted by Crippen LogP contribution is 2.65. The number of hydrogen-bond acceptors (Lipinski definition) is 7. The number of ether oxygens (including phenoxy) is 2. The number of rotatable bonds is 11. The highest BCUT2D eigenvalue weighted by Gasteiger charge is 2.53. The average molecular weight is 432 g/mol. The van der Waals surface area contributed by atoms with E-state index in [0.29, 0.717) is 26.2 Å². The second-order valence-electron chi connectivity index (χ2n) is 6.04. The van der Waals surface area contributed by atoms with Crippen molar-refractivity contribution >= 4 is 35.3 Å². The van der Waals surface area contributed by atoms with Gasteiger partial charge in [-0.25, -0.2) is 0 Å². The molecule has 1 aromatic carbocycles. The van der Waals surface area contributed by atoms with Gasteiger partial charge in [0.1, 0.15) is 10.2 Å². The topological polar surface area (TPSA) is 57.1 Å². The Morgan fingerprint density at radius 1 is 1.07 bits per heavy atom. The van der Waals surface area contributed by atoms with Crippen LogP contribution in [0.25, 0.3) is 0 Å². The molecule has 2 rings (SSSR count). The molecule has 2 atom stereocenters. The molecule has 1 aliphatic rings. The van der Waals surface area contributed by atoms with E-state index in [1.807, 2.05) is 51.1 Å². The maximum Gasteiger partial charge on any atom is 0.284 e. The van der Waals surface area contributed by atoms with Crippen molar-refractivity contribution in [3.05, 3.63) is 35.9 Å². The second-order valence-corrected chi connectivity index (χ2v) is 11.3. The molecule has 0 spiro atoms. The summed E-state index contributed by atoms with van der Waals surface area (Å²) in [6.07, 6.45) is 0.512. The van der Waals surface area contributed by atoms with Crippen molar-refractivity contribution in [2.45, 2.75) is 45.4 Å². The Hall–Kier alpha value is -0.300. The maximum absolute atomic E-state index is 14.3. The lowest BCUT2D eigenvalue weighted by Crippen LogP contribution is -2.38. The number of hydrogen-bond donors (Lipinski definition) is 0. The molecule has 5 nitrogen and oxygen atoms in total. The minimum Gasteiger partial charge on any atom is -0.342 e. The molecule has 152 valence electrons. The van der Waals surface area contributed by atoms with Gasteiger partial charge < -0.3 is 14.0 Å². The lowest BCUT2D eigenvalue weighted by molar-refractivity contribution is -0.168. The van der Waals surface area contributed by atoms with Crippen molar-refractivity contribution in [2.75, 3.05) is 31.3 Å². The fourth-order valence-electron chi connectivity index (χ4n) is 2.99. The Morgan fingerprint density at radius 3 is 2.19 bits per heavy atom. The molecule has 0 amide bonds. The monoisotopic (exact) mass is 431 g/mol. The van der Waals surface area contributed by atoms with E-state index < -0.39 is 18.7 Å². The van der Waals surface area contributed by atoms with Crippen LogP contribution in [0.4, 0.5) is 0 Å². The molecular formula is C19H30NO4PS2. The quantitative estimate of drug-likeness (QED) is 0.343. The van der Waals surface area contributed by atoms with E-state index in [0.717, 1.165) is 21.4 Å². The number of nitrogens with zero attached hydrogens (tertiary/aromatic N) is 1. The van der Waals surface area contributed by atoms with Gasteiger partial charge in [0, 0.05) is 31.1 Å². The van der Waals surface area contributed by atoms with E-state index in [1.165, 1.54) is 0 Å². The predicted octanol–water partition coefficient (Wildman–Crippen LogP) is 5.45.